The van der Waals surface area contributed by atoms with Crippen LogP contribution in [0.5, 0.6) is 0 Å². The molecule has 0 amide bonds. The fraction of sp³-hybridized carbons (Fsp3) is 0.400. The van der Waals surface area contributed by atoms with Gasteiger partial charge in [-0.15, -0.1) is 0 Å². The fourth-order valence-corrected chi connectivity index (χ4v) is 2.21. The van der Waals surface area contributed by atoms with E-state index in [9.17, 15) is 0 Å². The van der Waals surface area contributed by atoms with Crippen LogP contribution in [-0.4, -0.2) is 17.4 Å². The Morgan fingerprint density at radius 2 is 2.08 bits per heavy atom. The van der Waals surface area contributed by atoms with E-state index in [-0.39, 0.29) is 0 Å². The quantitative estimate of drug-likeness (QED) is 0.591. The summed E-state index contributed by atoms with van der Waals surface area (Å²) in [7, 11) is 2.13. The summed E-state index contributed by atoms with van der Waals surface area (Å²) in [6, 6.07) is 8.78. The lowest BCUT2D eigenvalue weighted by Gasteiger charge is -2.15. The van der Waals surface area contributed by atoms with Crippen LogP contribution in [0.3, 0.4) is 0 Å². The summed E-state index contributed by atoms with van der Waals surface area (Å²) >= 11 is 1.75. The minimum Gasteiger partial charge on any atom is -0.398 e. The van der Waals surface area contributed by atoms with Crippen LogP contribution in [0.15, 0.2) is 29.2 Å². The number of hydrogen-bond donors (Lipinski definition) is 1. The van der Waals surface area contributed by atoms with Gasteiger partial charge in [-0.2, -0.15) is 0 Å². The maximum absolute atomic E-state index is 5.84. The Morgan fingerprint density at radius 3 is 2.69 bits per heavy atom. The average molecular weight is 194 g/mol. The standard InChI is InChI=1S/C10H14N2S/c1-12(8-6-7-8)13-10-5-3-2-4-9(10)11/h2-5,8H,6-7,11H2,1H3. The van der Waals surface area contributed by atoms with Crippen molar-refractivity contribution >= 4 is 17.6 Å². The molecule has 0 radical (unpaired) electrons. The first kappa shape index (κ1) is 8.91. The van der Waals surface area contributed by atoms with Crippen LogP contribution in [0.2, 0.25) is 0 Å². The number of nitrogens with two attached hydrogens (primary N) is 1. The maximum Gasteiger partial charge on any atom is 0.0465 e. The van der Waals surface area contributed by atoms with E-state index in [0.717, 1.165) is 16.6 Å². The fourth-order valence-electron chi connectivity index (χ4n) is 1.23. The smallest absolute Gasteiger partial charge is 0.0465 e. The molecule has 0 spiro atoms. The van der Waals surface area contributed by atoms with E-state index in [1.165, 1.54) is 12.8 Å². The Labute approximate surface area is 83.2 Å². The van der Waals surface area contributed by atoms with Gasteiger partial charge in [0.25, 0.3) is 0 Å². The predicted molar refractivity (Wildman–Crippen MR) is 57.5 cm³/mol. The van der Waals surface area contributed by atoms with Gasteiger partial charge >= 0.3 is 0 Å². The molecule has 0 bridgehead atoms. The lowest BCUT2D eigenvalue weighted by Crippen LogP contribution is -2.11. The molecule has 0 aliphatic heterocycles. The molecule has 0 heterocycles. The van der Waals surface area contributed by atoms with Crippen LogP contribution in [0, 0.1) is 0 Å². The van der Waals surface area contributed by atoms with Crippen molar-refractivity contribution in [2.24, 2.45) is 0 Å². The lowest BCUT2D eigenvalue weighted by molar-refractivity contribution is 0.559. The second-order valence-electron chi connectivity index (χ2n) is 3.41. The van der Waals surface area contributed by atoms with Gasteiger partial charge in [0.1, 0.15) is 0 Å². The van der Waals surface area contributed by atoms with E-state index in [2.05, 4.69) is 17.4 Å². The van der Waals surface area contributed by atoms with Crippen molar-refractivity contribution < 1.29 is 0 Å². The Hall–Kier alpha value is -0.670. The summed E-state index contributed by atoms with van der Waals surface area (Å²) < 4.78 is 2.30. The van der Waals surface area contributed by atoms with Crippen molar-refractivity contribution in [3.05, 3.63) is 24.3 Å². The maximum atomic E-state index is 5.84. The van der Waals surface area contributed by atoms with Crippen molar-refractivity contribution in [2.75, 3.05) is 12.8 Å². The molecular weight excluding hydrogens is 180 g/mol. The van der Waals surface area contributed by atoms with Crippen molar-refractivity contribution in [3.8, 4) is 0 Å². The molecule has 0 aromatic heterocycles. The van der Waals surface area contributed by atoms with E-state index in [4.69, 9.17) is 5.73 Å². The number of benzene rings is 1. The van der Waals surface area contributed by atoms with E-state index in [0.29, 0.717) is 0 Å². The molecular formula is C10H14N2S. The number of anilines is 1. The van der Waals surface area contributed by atoms with E-state index < -0.39 is 0 Å². The third-order valence-corrected chi connectivity index (χ3v) is 3.38. The number of hydrogen-bond acceptors (Lipinski definition) is 3. The molecule has 1 aliphatic rings. The van der Waals surface area contributed by atoms with Gasteiger partial charge in [0.05, 0.1) is 0 Å². The van der Waals surface area contributed by atoms with Gasteiger partial charge in [-0.3, -0.25) is 0 Å². The lowest BCUT2D eigenvalue weighted by atomic mass is 10.3. The highest BCUT2D eigenvalue weighted by atomic mass is 32.2. The van der Waals surface area contributed by atoms with E-state index >= 15 is 0 Å². The molecule has 3 heteroatoms. The van der Waals surface area contributed by atoms with Gasteiger partial charge in [0.2, 0.25) is 0 Å². The number of nitrogens with zero attached hydrogens (tertiary/aromatic N) is 1. The zero-order valence-electron chi connectivity index (χ0n) is 7.73. The van der Waals surface area contributed by atoms with Crippen LogP contribution in [0.1, 0.15) is 12.8 Å². The molecule has 2 nitrogen and oxygen atoms in total. The Bertz CT molecular complexity index is 297. The zero-order valence-corrected chi connectivity index (χ0v) is 8.55. The molecule has 1 aromatic carbocycles. The highest BCUT2D eigenvalue weighted by molar-refractivity contribution is 7.97. The van der Waals surface area contributed by atoms with Gasteiger partial charge < -0.3 is 5.73 Å². The summed E-state index contributed by atoms with van der Waals surface area (Å²) in [6.07, 6.45) is 2.66. The summed E-state index contributed by atoms with van der Waals surface area (Å²) in [5.74, 6) is 0. The summed E-state index contributed by atoms with van der Waals surface area (Å²) in [4.78, 5) is 1.16. The predicted octanol–water partition coefficient (Wildman–Crippen LogP) is 2.37. The van der Waals surface area contributed by atoms with Crippen LogP contribution in [0.25, 0.3) is 0 Å². The second kappa shape index (κ2) is 3.60. The minimum absolute atomic E-state index is 0.768. The largest absolute Gasteiger partial charge is 0.398 e. The Balaban J connectivity index is 2.03. The van der Waals surface area contributed by atoms with Crippen molar-refractivity contribution in [3.63, 3.8) is 0 Å². The molecule has 1 saturated carbocycles. The first-order valence-corrected chi connectivity index (χ1v) is 5.30. The highest BCUT2D eigenvalue weighted by Crippen LogP contribution is 2.35. The van der Waals surface area contributed by atoms with Crippen molar-refractivity contribution in [2.45, 2.75) is 23.8 Å². The van der Waals surface area contributed by atoms with E-state index in [1.807, 2.05) is 18.2 Å². The molecule has 0 saturated heterocycles. The first-order chi connectivity index (χ1) is 6.27. The van der Waals surface area contributed by atoms with Crippen molar-refractivity contribution in [1.29, 1.82) is 0 Å². The SMILES string of the molecule is CN(Sc1ccccc1N)C1CC1. The molecule has 1 aliphatic carbocycles. The van der Waals surface area contributed by atoms with Crippen LogP contribution in [0.4, 0.5) is 5.69 Å². The number of nitrogen functional groups attached to an aromatic ring is 1. The van der Waals surface area contributed by atoms with Gasteiger partial charge in [0, 0.05) is 16.6 Å². The number of rotatable bonds is 3. The average Bonchev–Trinajstić information content (AvgIpc) is 2.91. The third kappa shape index (κ3) is 2.17. The molecule has 0 atom stereocenters. The second-order valence-corrected chi connectivity index (χ2v) is 4.60. The molecule has 70 valence electrons. The molecule has 2 rings (SSSR count). The molecule has 1 aromatic rings. The van der Waals surface area contributed by atoms with Crippen LogP contribution < -0.4 is 5.73 Å². The highest BCUT2D eigenvalue weighted by Gasteiger charge is 2.26. The summed E-state index contributed by atoms with van der Waals surface area (Å²) in [5.41, 5.74) is 6.72. The molecule has 2 N–H and O–H groups in total. The first-order valence-electron chi connectivity index (χ1n) is 4.52. The Morgan fingerprint density at radius 1 is 1.38 bits per heavy atom. The molecule has 13 heavy (non-hydrogen) atoms. The van der Waals surface area contributed by atoms with Crippen molar-refractivity contribution in [1.82, 2.24) is 4.31 Å². The Kier molecular flexibility index (Phi) is 2.47. The monoisotopic (exact) mass is 194 g/mol. The number of para-hydroxylation sites is 1. The summed E-state index contributed by atoms with van der Waals surface area (Å²) in [5, 5.41) is 0. The van der Waals surface area contributed by atoms with Gasteiger partial charge in [-0.25, -0.2) is 4.31 Å². The molecule has 0 unspecified atom stereocenters. The zero-order chi connectivity index (χ0) is 9.26. The van der Waals surface area contributed by atoms with Gasteiger partial charge in [-0.05, 0) is 44.0 Å². The van der Waals surface area contributed by atoms with Crippen LogP contribution >= 0.6 is 11.9 Å². The minimum atomic E-state index is 0.768. The summed E-state index contributed by atoms with van der Waals surface area (Å²) in [6.45, 7) is 0. The molecule has 1 fully saturated rings. The van der Waals surface area contributed by atoms with E-state index in [1.54, 1.807) is 11.9 Å². The topological polar surface area (TPSA) is 29.3 Å². The normalized spacial score (nSPS) is 16.5. The van der Waals surface area contributed by atoms with Crippen LogP contribution in [-0.2, 0) is 0 Å². The van der Waals surface area contributed by atoms with Gasteiger partial charge in [-0.1, -0.05) is 12.1 Å². The third-order valence-electron chi connectivity index (χ3n) is 2.22. The van der Waals surface area contributed by atoms with Gasteiger partial charge in [0.15, 0.2) is 0 Å².